The number of pyridine rings is 1. The number of hydrogen-bond donors (Lipinski definition) is 1. The number of nitrogens with one attached hydrogen (secondary N) is 1. The molecule has 0 saturated heterocycles. The van der Waals surface area contributed by atoms with Gasteiger partial charge in [0.05, 0.1) is 0 Å². The van der Waals surface area contributed by atoms with E-state index < -0.39 is 0 Å². The van der Waals surface area contributed by atoms with Crippen molar-refractivity contribution in [1.82, 2.24) is 10.3 Å². The molecule has 94 valence electrons. The summed E-state index contributed by atoms with van der Waals surface area (Å²) >= 11 is 5.80. The molecule has 0 saturated carbocycles. The van der Waals surface area contributed by atoms with Crippen molar-refractivity contribution in [3.05, 3.63) is 64.7 Å². The van der Waals surface area contributed by atoms with E-state index in [1.807, 2.05) is 25.3 Å². The van der Waals surface area contributed by atoms with Crippen LogP contribution in [0.25, 0.3) is 0 Å². The normalized spacial score (nSPS) is 12.4. The Bertz CT molecular complexity index is 496. The van der Waals surface area contributed by atoms with Gasteiger partial charge in [-0.15, -0.1) is 0 Å². The van der Waals surface area contributed by atoms with E-state index in [1.165, 1.54) is 12.1 Å². The third-order valence-electron chi connectivity index (χ3n) is 2.72. The molecule has 0 fully saturated rings. The third kappa shape index (κ3) is 3.52. The van der Waals surface area contributed by atoms with Crippen LogP contribution in [0.15, 0.2) is 42.7 Å². The van der Waals surface area contributed by atoms with Crippen LogP contribution >= 0.6 is 11.6 Å². The van der Waals surface area contributed by atoms with Gasteiger partial charge in [0, 0.05) is 30.0 Å². The van der Waals surface area contributed by atoms with Gasteiger partial charge < -0.3 is 5.32 Å². The standard InChI is InChI=1S/C14H14ClFN2/c1-10(12-3-2-4-17-9-12)18-8-11-5-13(15)7-14(16)6-11/h2-7,9-10,18H,8H2,1H3/t10-/m1/s1. The lowest BCUT2D eigenvalue weighted by Crippen LogP contribution is -2.18. The number of nitrogens with zero attached hydrogens (tertiary/aromatic N) is 1. The van der Waals surface area contributed by atoms with Crippen molar-refractivity contribution < 1.29 is 4.39 Å². The summed E-state index contributed by atoms with van der Waals surface area (Å²) in [6.07, 6.45) is 3.55. The lowest BCUT2D eigenvalue weighted by Gasteiger charge is -2.14. The van der Waals surface area contributed by atoms with Gasteiger partial charge in [-0.05, 0) is 42.3 Å². The van der Waals surface area contributed by atoms with Gasteiger partial charge >= 0.3 is 0 Å². The Morgan fingerprint density at radius 2 is 2.22 bits per heavy atom. The molecule has 0 amide bonds. The molecule has 18 heavy (non-hydrogen) atoms. The fourth-order valence-corrected chi connectivity index (χ4v) is 1.98. The van der Waals surface area contributed by atoms with Gasteiger partial charge in [0.1, 0.15) is 5.82 Å². The fraction of sp³-hybridized carbons (Fsp3) is 0.214. The molecule has 0 bridgehead atoms. The number of rotatable bonds is 4. The van der Waals surface area contributed by atoms with Gasteiger partial charge in [-0.1, -0.05) is 17.7 Å². The first-order valence-electron chi connectivity index (χ1n) is 5.73. The highest BCUT2D eigenvalue weighted by molar-refractivity contribution is 6.30. The first kappa shape index (κ1) is 13.0. The maximum absolute atomic E-state index is 13.2. The van der Waals surface area contributed by atoms with Crippen LogP contribution in [0.5, 0.6) is 0 Å². The summed E-state index contributed by atoms with van der Waals surface area (Å²) in [7, 11) is 0. The van der Waals surface area contributed by atoms with Crippen LogP contribution in [0, 0.1) is 5.82 Å². The lowest BCUT2D eigenvalue weighted by atomic mass is 10.1. The Morgan fingerprint density at radius 1 is 1.39 bits per heavy atom. The van der Waals surface area contributed by atoms with Crippen molar-refractivity contribution in [3.63, 3.8) is 0 Å². The molecule has 0 unspecified atom stereocenters. The molecule has 1 aromatic carbocycles. The predicted octanol–water partition coefficient (Wildman–Crippen LogP) is 3.72. The lowest BCUT2D eigenvalue weighted by molar-refractivity contribution is 0.568. The predicted molar refractivity (Wildman–Crippen MR) is 70.9 cm³/mol. The molecule has 4 heteroatoms. The summed E-state index contributed by atoms with van der Waals surface area (Å²) < 4.78 is 13.2. The van der Waals surface area contributed by atoms with Crippen LogP contribution in [-0.4, -0.2) is 4.98 Å². The van der Waals surface area contributed by atoms with Crippen LogP contribution in [0.4, 0.5) is 4.39 Å². The van der Waals surface area contributed by atoms with Crippen molar-refractivity contribution in [2.75, 3.05) is 0 Å². The third-order valence-corrected chi connectivity index (χ3v) is 2.94. The van der Waals surface area contributed by atoms with E-state index in [9.17, 15) is 4.39 Å². The zero-order valence-corrected chi connectivity index (χ0v) is 10.8. The Hall–Kier alpha value is -1.45. The van der Waals surface area contributed by atoms with E-state index >= 15 is 0 Å². The van der Waals surface area contributed by atoms with Gasteiger partial charge in [-0.3, -0.25) is 4.98 Å². The molecule has 1 N–H and O–H groups in total. The molecule has 0 spiro atoms. The molecular formula is C14H14ClFN2. The second kappa shape index (κ2) is 5.94. The van der Waals surface area contributed by atoms with Gasteiger partial charge in [0.2, 0.25) is 0 Å². The van der Waals surface area contributed by atoms with E-state index in [0.29, 0.717) is 11.6 Å². The van der Waals surface area contributed by atoms with E-state index in [-0.39, 0.29) is 11.9 Å². The Labute approximate surface area is 111 Å². The SMILES string of the molecule is C[C@@H](NCc1cc(F)cc(Cl)c1)c1cccnc1. The Balaban J connectivity index is 1.99. The van der Waals surface area contributed by atoms with Crippen molar-refractivity contribution >= 4 is 11.6 Å². The van der Waals surface area contributed by atoms with Crippen LogP contribution in [0.3, 0.4) is 0 Å². The number of halogens is 2. The molecule has 2 nitrogen and oxygen atoms in total. The monoisotopic (exact) mass is 264 g/mol. The zero-order valence-electron chi connectivity index (χ0n) is 10.0. The van der Waals surface area contributed by atoms with E-state index in [2.05, 4.69) is 10.3 Å². The minimum atomic E-state index is -0.312. The molecule has 1 heterocycles. The molecule has 2 rings (SSSR count). The van der Waals surface area contributed by atoms with Crippen LogP contribution < -0.4 is 5.32 Å². The quantitative estimate of drug-likeness (QED) is 0.910. The van der Waals surface area contributed by atoms with Crippen molar-refractivity contribution in [1.29, 1.82) is 0 Å². The van der Waals surface area contributed by atoms with Crippen molar-refractivity contribution in [3.8, 4) is 0 Å². The average molecular weight is 265 g/mol. The minimum absolute atomic E-state index is 0.153. The zero-order chi connectivity index (χ0) is 13.0. The fourth-order valence-electron chi connectivity index (χ4n) is 1.73. The summed E-state index contributed by atoms with van der Waals surface area (Å²) in [4.78, 5) is 4.07. The Kier molecular flexibility index (Phi) is 4.28. The topological polar surface area (TPSA) is 24.9 Å². The molecule has 0 aliphatic rings. The smallest absolute Gasteiger partial charge is 0.125 e. The molecule has 0 radical (unpaired) electrons. The average Bonchev–Trinajstić information content (AvgIpc) is 2.36. The first-order chi connectivity index (χ1) is 8.65. The highest BCUT2D eigenvalue weighted by Crippen LogP contribution is 2.16. The largest absolute Gasteiger partial charge is 0.306 e. The van der Waals surface area contributed by atoms with Gasteiger partial charge in [0.15, 0.2) is 0 Å². The summed E-state index contributed by atoms with van der Waals surface area (Å²) in [6, 6.07) is 8.59. The highest BCUT2D eigenvalue weighted by atomic mass is 35.5. The summed E-state index contributed by atoms with van der Waals surface area (Å²) in [5, 5.41) is 3.72. The van der Waals surface area contributed by atoms with Gasteiger partial charge in [-0.2, -0.15) is 0 Å². The second-order valence-electron chi connectivity index (χ2n) is 4.17. The summed E-state index contributed by atoms with van der Waals surface area (Å²) in [5.41, 5.74) is 1.93. The highest BCUT2D eigenvalue weighted by Gasteiger charge is 2.05. The maximum Gasteiger partial charge on any atom is 0.125 e. The van der Waals surface area contributed by atoms with Crippen LogP contribution in [0.2, 0.25) is 5.02 Å². The Morgan fingerprint density at radius 3 is 2.89 bits per heavy atom. The van der Waals surface area contributed by atoms with Crippen LogP contribution in [0.1, 0.15) is 24.1 Å². The molecule has 1 aromatic heterocycles. The van der Waals surface area contributed by atoms with Crippen molar-refractivity contribution in [2.45, 2.75) is 19.5 Å². The number of aromatic nitrogens is 1. The summed E-state index contributed by atoms with van der Waals surface area (Å²) in [6.45, 7) is 2.60. The van der Waals surface area contributed by atoms with Crippen LogP contribution in [-0.2, 0) is 6.54 Å². The van der Waals surface area contributed by atoms with Gasteiger partial charge in [-0.25, -0.2) is 4.39 Å². The van der Waals surface area contributed by atoms with E-state index in [4.69, 9.17) is 11.6 Å². The number of benzene rings is 1. The minimum Gasteiger partial charge on any atom is -0.306 e. The molecule has 1 atom stereocenters. The second-order valence-corrected chi connectivity index (χ2v) is 4.60. The van der Waals surface area contributed by atoms with E-state index in [1.54, 1.807) is 12.3 Å². The van der Waals surface area contributed by atoms with E-state index in [0.717, 1.165) is 11.1 Å². The summed E-state index contributed by atoms with van der Waals surface area (Å²) in [5.74, 6) is -0.312. The molecular weight excluding hydrogens is 251 g/mol. The van der Waals surface area contributed by atoms with Crippen molar-refractivity contribution in [2.24, 2.45) is 0 Å². The maximum atomic E-state index is 13.2. The first-order valence-corrected chi connectivity index (χ1v) is 6.11. The molecule has 2 aromatic rings. The molecule has 0 aliphatic heterocycles. The number of hydrogen-bond acceptors (Lipinski definition) is 2. The molecule has 0 aliphatic carbocycles. The van der Waals surface area contributed by atoms with Gasteiger partial charge in [0.25, 0.3) is 0 Å².